The van der Waals surface area contributed by atoms with Gasteiger partial charge in [-0.2, -0.15) is 0 Å². The first-order valence-electron chi connectivity index (χ1n) is 9.07. The molecule has 134 valence electrons. The number of aryl methyl sites for hydroxylation is 1. The monoisotopic (exact) mass is 340 g/mol. The Morgan fingerprint density at radius 3 is 2.72 bits per heavy atom. The molecule has 1 fully saturated rings. The smallest absolute Gasteiger partial charge is 0.410 e. The van der Waals surface area contributed by atoms with Crippen molar-refractivity contribution < 1.29 is 9.53 Å². The van der Waals surface area contributed by atoms with Crippen LogP contribution in [0.15, 0.2) is 30.5 Å². The van der Waals surface area contributed by atoms with Gasteiger partial charge in [-0.25, -0.2) is 4.79 Å². The summed E-state index contributed by atoms with van der Waals surface area (Å²) in [4.78, 5) is 19.0. The van der Waals surface area contributed by atoms with E-state index in [0.717, 1.165) is 18.5 Å². The van der Waals surface area contributed by atoms with Gasteiger partial charge in [-0.1, -0.05) is 25.1 Å². The summed E-state index contributed by atoms with van der Waals surface area (Å²) in [5.41, 5.74) is 3.07. The van der Waals surface area contributed by atoms with Crippen LogP contribution in [0.25, 0.3) is 10.9 Å². The Morgan fingerprint density at radius 1 is 1.24 bits per heavy atom. The minimum absolute atomic E-state index is 0.210. The zero-order valence-electron chi connectivity index (χ0n) is 15.9. The number of piperidine rings is 1. The van der Waals surface area contributed by atoms with Gasteiger partial charge in [-0.05, 0) is 57.2 Å². The normalized spacial score (nSPS) is 21.4. The average molecular weight is 340 g/mol. The minimum Gasteiger partial charge on any atom is -0.444 e. The van der Waals surface area contributed by atoms with Gasteiger partial charge in [0, 0.05) is 30.6 Å². The van der Waals surface area contributed by atoms with Gasteiger partial charge in [0.25, 0.3) is 0 Å². The largest absolute Gasteiger partial charge is 0.444 e. The lowest BCUT2D eigenvalue weighted by molar-refractivity contribution is 0.0152. The van der Waals surface area contributed by atoms with Crippen LogP contribution in [0.2, 0.25) is 0 Å². The Bertz CT molecular complexity index is 779. The van der Waals surface area contributed by atoms with Crippen LogP contribution in [-0.4, -0.2) is 34.7 Å². The zero-order valence-corrected chi connectivity index (χ0v) is 15.9. The van der Waals surface area contributed by atoms with Crippen LogP contribution < -0.4 is 0 Å². The van der Waals surface area contributed by atoms with Crippen molar-refractivity contribution in [3.8, 4) is 0 Å². The van der Waals surface area contributed by atoms with E-state index in [1.54, 1.807) is 0 Å². The molecule has 1 saturated heterocycles. The van der Waals surface area contributed by atoms with E-state index in [4.69, 9.17) is 4.74 Å². The summed E-state index contributed by atoms with van der Waals surface area (Å²) in [6.45, 7) is 11.5. The predicted molar refractivity (Wildman–Crippen MR) is 101 cm³/mol. The van der Waals surface area contributed by atoms with Crippen molar-refractivity contribution in [3.63, 3.8) is 0 Å². The molecular formula is C21H28N2O2. The molecule has 0 radical (unpaired) electrons. The highest BCUT2D eigenvalue weighted by molar-refractivity contribution is 5.85. The van der Waals surface area contributed by atoms with Crippen molar-refractivity contribution in [2.45, 2.75) is 52.6 Å². The van der Waals surface area contributed by atoms with Crippen LogP contribution >= 0.6 is 0 Å². The third kappa shape index (κ3) is 3.94. The molecule has 1 aromatic carbocycles. The number of pyridine rings is 1. The molecular weight excluding hydrogens is 312 g/mol. The van der Waals surface area contributed by atoms with E-state index >= 15 is 0 Å². The number of rotatable bonds is 1. The summed E-state index contributed by atoms with van der Waals surface area (Å²) < 4.78 is 5.59. The van der Waals surface area contributed by atoms with Crippen molar-refractivity contribution >= 4 is 17.0 Å². The Labute approximate surface area is 150 Å². The molecule has 1 aromatic heterocycles. The van der Waals surface area contributed by atoms with Crippen molar-refractivity contribution in [3.05, 3.63) is 41.6 Å². The standard InChI is InChI=1S/C21H28N2O2/c1-14-11-16(13-23(12-14)20(24)25-21(3,4)5)17-9-8-15(2)19-18(17)7-6-10-22-19/h6-10,14,16H,11-13H2,1-5H3/t14-,16?/m1/s1. The molecule has 4 heteroatoms. The van der Waals surface area contributed by atoms with Gasteiger partial charge in [-0.3, -0.25) is 4.98 Å². The fraction of sp³-hybridized carbons (Fsp3) is 0.524. The summed E-state index contributed by atoms with van der Waals surface area (Å²) in [6, 6.07) is 8.47. The van der Waals surface area contributed by atoms with E-state index in [0.29, 0.717) is 18.4 Å². The first kappa shape index (κ1) is 17.7. The van der Waals surface area contributed by atoms with Crippen LogP contribution in [0, 0.1) is 12.8 Å². The number of benzene rings is 1. The second kappa shape index (κ2) is 6.66. The maximum atomic E-state index is 12.5. The van der Waals surface area contributed by atoms with Crippen LogP contribution in [0.3, 0.4) is 0 Å². The lowest BCUT2D eigenvalue weighted by Crippen LogP contribution is -2.45. The fourth-order valence-electron chi connectivity index (χ4n) is 3.74. The average Bonchev–Trinajstić information content (AvgIpc) is 2.53. The molecule has 4 nitrogen and oxygen atoms in total. The predicted octanol–water partition coefficient (Wildman–Crippen LogP) is 4.90. The number of likely N-dealkylation sites (tertiary alicyclic amines) is 1. The number of carbonyl (C=O) groups excluding carboxylic acids is 1. The molecule has 3 rings (SSSR count). The zero-order chi connectivity index (χ0) is 18.2. The van der Waals surface area contributed by atoms with Gasteiger partial charge < -0.3 is 9.64 Å². The molecule has 1 aliphatic heterocycles. The highest BCUT2D eigenvalue weighted by atomic mass is 16.6. The van der Waals surface area contributed by atoms with E-state index in [1.165, 1.54) is 16.5 Å². The van der Waals surface area contributed by atoms with Gasteiger partial charge >= 0.3 is 6.09 Å². The Balaban J connectivity index is 1.90. The third-order valence-corrected chi connectivity index (χ3v) is 4.76. The highest BCUT2D eigenvalue weighted by Gasteiger charge is 2.32. The van der Waals surface area contributed by atoms with Crippen LogP contribution in [0.4, 0.5) is 4.79 Å². The van der Waals surface area contributed by atoms with E-state index in [-0.39, 0.29) is 6.09 Å². The molecule has 0 aliphatic carbocycles. The van der Waals surface area contributed by atoms with E-state index in [1.807, 2.05) is 37.9 Å². The van der Waals surface area contributed by atoms with E-state index in [2.05, 4.69) is 37.0 Å². The summed E-state index contributed by atoms with van der Waals surface area (Å²) in [6.07, 6.45) is 2.71. The fourth-order valence-corrected chi connectivity index (χ4v) is 3.74. The molecule has 1 aliphatic rings. The van der Waals surface area contributed by atoms with Crippen molar-refractivity contribution in [2.24, 2.45) is 5.92 Å². The number of hydrogen-bond donors (Lipinski definition) is 0. The molecule has 2 heterocycles. The van der Waals surface area contributed by atoms with Gasteiger partial charge in [0.05, 0.1) is 5.52 Å². The number of ether oxygens (including phenoxy) is 1. The second-order valence-electron chi connectivity index (χ2n) is 8.29. The minimum atomic E-state index is -0.465. The second-order valence-corrected chi connectivity index (χ2v) is 8.29. The molecule has 1 unspecified atom stereocenters. The van der Waals surface area contributed by atoms with Crippen molar-refractivity contribution in [1.29, 1.82) is 0 Å². The first-order valence-corrected chi connectivity index (χ1v) is 9.07. The summed E-state index contributed by atoms with van der Waals surface area (Å²) in [7, 11) is 0. The maximum Gasteiger partial charge on any atom is 0.410 e. The van der Waals surface area contributed by atoms with Crippen molar-refractivity contribution in [1.82, 2.24) is 9.88 Å². The number of carbonyl (C=O) groups is 1. The summed E-state index contributed by atoms with van der Waals surface area (Å²) in [5.74, 6) is 0.753. The van der Waals surface area contributed by atoms with Crippen molar-refractivity contribution in [2.75, 3.05) is 13.1 Å². The summed E-state index contributed by atoms with van der Waals surface area (Å²) >= 11 is 0. The number of aromatic nitrogens is 1. The van der Waals surface area contributed by atoms with Gasteiger partial charge in [0.1, 0.15) is 5.60 Å². The summed E-state index contributed by atoms with van der Waals surface area (Å²) in [5, 5.41) is 1.20. The molecule has 2 atom stereocenters. The Hall–Kier alpha value is -2.10. The van der Waals surface area contributed by atoms with Gasteiger partial charge in [0.2, 0.25) is 0 Å². The SMILES string of the molecule is Cc1ccc(C2C[C@@H](C)CN(C(=O)OC(C)(C)C)C2)c2cccnc12. The number of nitrogens with zero attached hydrogens (tertiary/aromatic N) is 2. The molecule has 0 N–H and O–H groups in total. The molecule has 0 saturated carbocycles. The molecule has 2 aromatic rings. The third-order valence-electron chi connectivity index (χ3n) is 4.76. The Morgan fingerprint density at radius 2 is 2.00 bits per heavy atom. The molecule has 0 bridgehead atoms. The highest BCUT2D eigenvalue weighted by Crippen LogP contribution is 2.35. The van der Waals surface area contributed by atoms with Crippen LogP contribution in [0.5, 0.6) is 0 Å². The van der Waals surface area contributed by atoms with Gasteiger partial charge in [0.15, 0.2) is 0 Å². The van der Waals surface area contributed by atoms with E-state index in [9.17, 15) is 4.79 Å². The van der Waals surface area contributed by atoms with Crippen LogP contribution in [-0.2, 0) is 4.74 Å². The maximum absolute atomic E-state index is 12.5. The van der Waals surface area contributed by atoms with Crippen LogP contribution in [0.1, 0.15) is 51.2 Å². The quantitative estimate of drug-likeness (QED) is 0.741. The van der Waals surface area contributed by atoms with Gasteiger partial charge in [-0.15, -0.1) is 0 Å². The first-order chi connectivity index (χ1) is 11.7. The lowest BCUT2D eigenvalue weighted by atomic mass is 9.83. The lowest BCUT2D eigenvalue weighted by Gasteiger charge is -2.37. The van der Waals surface area contributed by atoms with E-state index < -0.39 is 5.60 Å². The topological polar surface area (TPSA) is 42.4 Å². The number of amides is 1. The molecule has 1 amide bonds. The molecule has 0 spiro atoms. The number of fused-ring (bicyclic) bond motifs is 1. The number of hydrogen-bond acceptors (Lipinski definition) is 3. The molecule has 25 heavy (non-hydrogen) atoms. The Kier molecular flexibility index (Phi) is 4.72.